The molecule has 0 spiro atoms. The molecule has 0 unspecified atom stereocenters. The number of anilines is 1. The Kier molecular flexibility index (Phi) is 6.02. The van der Waals surface area contributed by atoms with Crippen LogP contribution in [-0.2, 0) is 4.79 Å². The Hall–Kier alpha value is -1.80. The van der Waals surface area contributed by atoms with E-state index in [-0.39, 0.29) is 5.91 Å². The van der Waals surface area contributed by atoms with E-state index < -0.39 is 6.10 Å². The average Bonchev–Trinajstić information content (AvgIpc) is 3.00. The maximum atomic E-state index is 12.3. The van der Waals surface area contributed by atoms with Crippen molar-refractivity contribution in [2.24, 2.45) is 0 Å². The van der Waals surface area contributed by atoms with E-state index in [1.54, 1.807) is 19.2 Å². The number of methoxy groups -OCH3 is 1. The van der Waals surface area contributed by atoms with E-state index >= 15 is 0 Å². The van der Waals surface area contributed by atoms with Gasteiger partial charge in [-0.3, -0.25) is 10.1 Å². The topological polar surface area (TPSA) is 73.3 Å². The number of carbonyl (C=O) groups is 1. The summed E-state index contributed by atoms with van der Waals surface area (Å²) in [6.07, 6.45) is 1.85. The predicted molar refractivity (Wildman–Crippen MR) is 88.0 cm³/mol. The number of rotatable bonds is 7. The maximum Gasteiger partial charge on any atom is 0.267 e. The van der Waals surface area contributed by atoms with Crippen LogP contribution in [0, 0.1) is 0 Å². The summed E-state index contributed by atoms with van der Waals surface area (Å²) in [6.45, 7) is 1.89. The Morgan fingerprint density at radius 1 is 1.41 bits per heavy atom. The van der Waals surface area contributed by atoms with Crippen molar-refractivity contribution in [2.75, 3.05) is 18.7 Å². The van der Waals surface area contributed by atoms with Gasteiger partial charge in [0.2, 0.25) is 5.13 Å². The van der Waals surface area contributed by atoms with Gasteiger partial charge in [0.05, 0.1) is 7.11 Å². The third-order valence-electron chi connectivity index (χ3n) is 2.79. The van der Waals surface area contributed by atoms with Crippen LogP contribution in [0.15, 0.2) is 28.6 Å². The van der Waals surface area contributed by atoms with E-state index in [9.17, 15) is 4.79 Å². The van der Waals surface area contributed by atoms with Gasteiger partial charge in [-0.05, 0) is 24.8 Å². The number of nitrogens with one attached hydrogen (secondary N) is 1. The number of carbonyl (C=O) groups excluding carboxylic acids is 1. The first-order valence-corrected chi connectivity index (χ1v) is 8.69. The zero-order valence-electron chi connectivity index (χ0n) is 12.5. The zero-order valence-corrected chi connectivity index (χ0v) is 14.2. The molecule has 8 heteroatoms. The molecule has 0 aliphatic rings. The van der Waals surface area contributed by atoms with Crippen LogP contribution in [-0.4, -0.2) is 35.6 Å². The molecular weight excluding hydrogens is 322 g/mol. The molecule has 0 saturated carbocycles. The van der Waals surface area contributed by atoms with Gasteiger partial charge in [0.15, 0.2) is 10.4 Å². The van der Waals surface area contributed by atoms with Gasteiger partial charge in [0.1, 0.15) is 11.5 Å². The van der Waals surface area contributed by atoms with E-state index in [2.05, 4.69) is 15.5 Å². The molecule has 0 saturated heterocycles. The number of amides is 1. The number of nitrogens with zero attached hydrogens (tertiary/aromatic N) is 2. The first-order chi connectivity index (χ1) is 10.7. The van der Waals surface area contributed by atoms with Crippen LogP contribution in [0.3, 0.4) is 0 Å². The minimum absolute atomic E-state index is 0.242. The molecule has 0 aliphatic carbocycles. The molecule has 118 valence electrons. The number of hydrogen-bond donors (Lipinski definition) is 1. The second-order valence-corrected chi connectivity index (χ2v) is 6.29. The van der Waals surface area contributed by atoms with Crippen molar-refractivity contribution in [3.05, 3.63) is 24.3 Å². The summed E-state index contributed by atoms with van der Waals surface area (Å²) in [5.74, 6) is 1.03. The highest BCUT2D eigenvalue weighted by molar-refractivity contribution is 8.00. The van der Waals surface area contributed by atoms with Gasteiger partial charge in [-0.2, -0.15) is 0 Å². The van der Waals surface area contributed by atoms with Gasteiger partial charge >= 0.3 is 0 Å². The van der Waals surface area contributed by atoms with E-state index in [1.165, 1.54) is 23.1 Å². The van der Waals surface area contributed by atoms with Crippen LogP contribution in [0.25, 0.3) is 0 Å². The van der Waals surface area contributed by atoms with Crippen LogP contribution < -0.4 is 14.8 Å². The number of thioether (sulfide) groups is 1. The van der Waals surface area contributed by atoms with Crippen LogP contribution in [0.5, 0.6) is 11.5 Å². The highest BCUT2D eigenvalue weighted by Crippen LogP contribution is 2.24. The summed E-state index contributed by atoms with van der Waals surface area (Å²) in [5, 5.41) is 11.1. The van der Waals surface area contributed by atoms with Crippen molar-refractivity contribution >= 4 is 34.1 Å². The quantitative estimate of drug-likeness (QED) is 0.617. The molecule has 0 radical (unpaired) electrons. The number of aromatic nitrogens is 2. The summed E-state index contributed by atoms with van der Waals surface area (Å²) in [7, 11) is 1.59. The first kappa shape index (κ1) is 16.6. The molecule has 2 rings (SSSR count). The molecule has 0 aliphatic heterocycles. The molecule has 1 atom stereocenters. The molecule has 1 amide bonds. The molecule has 0 bridgehead atoms. The lowest BCUT2D eigenvalue weighted by molar-refractivity contribution is -0.122. The lowest BCUT2D eigenvalue weighted by atomic mass is 10.2. The lowest BCUT2D eigenvalue weighted by Gasteiger charge is -2.16. The van der Waals surface area contributed by atoms with Gasteiger partial charge in [-0.15, -0.1) is 10.2 Å². The SMILES string of the molecule is CC[C@H](Oc1cccc(OC)c1)C(=O)Nc1nnc(SC)s1. The molecule has 1 aromatic heterocycles. The molecule has 0 fully saturated rings. The molecule has 22 heavy (non-hydrogen) atoms. The van der Waals surface area contributed by atoms with Crippen molar-refractivity contribution < 1.29 is 14.3 Å². The minimum Gasteiger partial charge on any atom is -0.497 e. The monoisotopic (exact) mass is 339 g/mol. The number of ether oxygens (including phenoxy) is 2. The summed E-state index contributed by atoms with van der Waals surface area (Å²) in [4.78, 5) is 12.3. The zero-order chi connectivity index (χ0) is 15.9. The number of hydrogen-bond acceptors (Lipinski definition) is 7. The van der Waals surface area contributed by atoms with Crippen LogP contribution in [0.1, 0.15) is 13.3 Å². The lowest BCUT2D eigenvalue weighted by Crippen LogP contribution is -2.32. The van der Waals surface area contributed by atoms with Gasteiger partial charge in [-0.25, -0.2) is 0 Å². The average molecular weight is 339 g/mol. The summed E-state index contributed by atoms with van der Waals surface area (Å²) >= 11 is 2.82. The third-order valence-corrected chi connectivity index (χ3v) is 4.61. The van der Waals surface area contributed by atoms with Gasteiger partial charge < -0.3 is 9.47 Å². The van der Waals surface area contributed by atoms with Gasteiger partial charge in [-0.1, -0.05) is 36.1 Å². The minimum atomic E-state index is -0.603. The van der Waals surface area contributed by atoms with Crippen molar-refractivity contribution in [1.82, 2.24) is 10.2 Å². The fourth-order valence-electron chi connectivity index (χ4n) is 1.69. The van der Waals surface area contributed by atoms with Crippen LogP contribution >= 0.6 is 23.1 Å². The van der Waals surface area contributed by atoms with E-state index in [0.29, 0.717) is 23.1 Å². The predicted octanol–water partition coefficient (Wildman–Crippen LogP) is 3.06. The largest absolute Gasteiger partial charge is 0.497 e. The van der Waals surface area contributed by atoms with Crippen LogP contribution in [0.2, 0.25) is 0 Å². The summed E-state index contributed by atoms with van der Waals surface area (Å²) in [6, 6.07) is 7.16. The Morgan fingerprint density at radius 2 is 2.18 bits per heavy atom. The van der Waals surface area contributed by atoms with Crippen molar-refractivity contribution in [1.29, 1.82) is 0 Å². The Balaban J connectivity index is 2.01. The van der Waals surface area contributed by atoms with Gasteiger partial charge in [0.25, 0.3) is 5.91 Å². The second-order valence-electron chi connectivity index (χ2n) is 4.26. The first-order valence-electron chi connectivity index (χ1n) is 6.65. The second kappa shape index (κ2) is 8.00. The normalized spacial score (nSPS) is 11.8. The molecule has 6 nitrogen and oxygen atoms in total. The standard InChI is InChI=1S/C14H17N3O3S2/c1-4-11(20-10-7-5-6-9(8-10)19-2)12(18)15-13-16-17-14(21-3)22-13/h5-8,11H,4H2,1-3H3,(H,15,16,18)/t11-/m0/s1. The maximum absolute atomic E-state index is 12.3. The highest BCUT2D eigenvalue weighted by Gasteiger charge is 2.20. The van der Waals surface area contributed by atoms with Crippen molar-refractivity contribution in [3.8, 4) is 11.5 Å². The smallest absolute Gasteiger partial charge is 0.267 e. The molecular formula is C14H17N3O3S2. The van der Waals surface area contributed by atoms with Crippen molar-refractivity contribution in [3.63, 3.8) is 0 Å². The highest BCUT2D eigenvalue weighted by atomic mass is 32.2. The fraction of sp³-hybridized carbons (Fsp3) is 0.357. The van der Waals surface area contributed by atoms with Gasteiger partial charge in [0, 0.05) is 6.07 Å². The van der Waals surface area contributed by atoms with E-state index in [4.69, 9.17) is 9.47 Å². The fourth-order valence-corrected chi connectivity index (χ4v) is 2.86. The Bertz CT molecular complexity index is 633. The van der Waals surface area contributed by atoms with Crippen LogP contribution in [0.4, 0.5) is 5.13 Å². The summed E-state index contributed by atoms with van der Waals surface area (Å²) < 4.78 is 11.7. The van der Waals surface area contributed by atoms with Crippen molar-refractivity contribution in [2.45, 2.75) is 23.8 Å². The molecule has 1 N–H and O–H groups in total. The Labute approximate surface area is 137 Å². The molecule has 1 heterocycles. The third kappa shape index (κ3) is 4.35. The molecule has 1 aromatic carbocycles. The van der Waals surface area contributed by atoms with E-state index in [1.807, 2.05) is 25.3 Å². The number of benzene rings is 1. The Morgan fingerprint density at radius 3 is 2.82 bits per heavy atom. The molecule has 2 aromatic rings. The summed E-state index contributed by atoms with van der Waals surface area (Å²) in [5.41, 5.74) is 0. The van der Waals surface area contributed by atoms with E-state index in [0.717, 1.165) is 4.34 Å².